The van der Waals surface area contributed by atoms with E-state index in [9.17, 15) is 23.3 Å². The number of piperidine rings is 1. The molecule has 2 aromatic carbocycles. The SMILES string of the molecule is CN(c1ccc(OC[C@H]2CCn3cc([N+](=O)[O-])nc3O2)cc1)C1CCN(c2ccc(OC(F)(F)F)cc2)CC1. The zero-order valence-electron chi connectivity index (χ0n) is 21.2. The van der Waals surface area contributed by atoms with Crippen LogP contribution in [0.25, 0.3) is 0 Å². The number of fused-ring (bicyclic) bond motifs is 1. The van der Waals surface area contributed by atoms with Crippen LogP contribution in [0.1, 0.15) is 19.3 Å². The summed E-state index contributed by atoms with van der Waals surface area (Å²) >= 11 is 0. The largest absolute Gasteiger partial charge is 0.573 e. The summed E-state index contributed by atoms with van der Waals surface area (Å²) in [6.07, 6.45) is -1.10. The van der Waals surface area contributed by atoms with Crippen LogP contribution in [0.15, 0.2) is 54.7 Å². The van der Waals surface area contributed by atoms with Gasteiger partial charge in [-0.25, -0.2) is 0 Å². The van der Waals surface area contributed by atoms with Crippen LogP contribution in [0.3, 0.4) is 0 Å². The van der Waals surface area contributed by atoms with Crippen molar-refractivity contribution in [2.24, 2.45) is 0 Å². The molecule has 1 saturated heterocycles. The average molecular weight is 548 g/mol. The van der Waals surface area contributed by atoms with E-state index in [0.717, 1.165) is 37.3 Å². The third-order valence-corrected chi connectivity index (χ3v) is 7.01. The first-order valence-corrected chi connectivity index (χ1v) is 12.6. The molecule has 0 saturated carbocycles. The summed E-state index contributed by atoms with van der Waals surface area (Å²) < 4.78 is 54.4. The summed E-state index contributed by atoms with van der Waals surface area (Å²) in [6, 6.07) is 14.3. The Morgan fingerprint density at radius 1 is 1.05 bits per heavy atom. The van der Waals surface area contributed by atoms with E-state index in [1.165, 1.54) is 18.3 Å². The van der Waals surface area contributed by atoms with Gasteiger partial charge in [-0.2, -0.15) is 0 Å². The first kappa shape index (κ1) is 26.4. The smallest absolute Gasteiger partial charge is 0.490 e. The fourth-order valence-corrected chi connectivity index (χ4v) is 4.88. The Hall–Kier alpha value is -4.16. The van der Waals surface area contributed by atoms with Crippen LogP contribution in [0.4, 0.5) is 30.4 Å². The van der Waals surface area contributed by atoms with Gasteiger partial charge in [0.25, 0.3) is 0 Å². The summed E-state index contributed by atoms with van der Waals surface area (Å²) in [5.41, 5.74) is 1.92. The van der Waals surface area contributed by atoms with Gasteiger partial charge in [-0.1, -0.05) is 0 Å². The predicted molar refractivity (Wildman–Crippen MR) is 137 cm³/mol. The minimum atomic E-state index is -4.70. The maximum Gasteiger partial charge on any atom is 0.573 e. The van der Waals surface area contributed by atoms with Crippen LogP contribution in [-0.2, 0) is 6.54 Å². The third-order valence-electron chi connectivity index (χ3n) is 7.01. The van der Waals surface area contributed by atoms with Crippen molar-refractivity contribution in [3.63, 3.8) is 0 Å². The Bertz CT molecular complexity index is 1270. The predicted octanol–water partition coefficient (Wildman–Crippen LogP) is 5.03. The van der Waals surface area contributed by atoms with Gasteiger partial charge < -0.3 is 34.1 Å². The lowest BCUT2D eigenvalue weighted by Gasteiger charge is -2.39. The van der Waals surface area contributed by atoms with Crippen molar-refractivity contribution in [3.8, 4) is 17.5 Å². The number of alkyl halides is 3. The van der Waals surface area contributed by atoms with Crippen LogP contribution in [0, 0.1) is 10.1 Å². The second-order valence-corrected chi connectivity index (χ2v) is 9.54. The van der Waals surface area contributed by atoms with Gasteiger partial charge in [0.15, 0.2) is 0 Å². The number of rotatable bonds is 8. The molecule has 1 fully saturated rings. The molecule has 3 aromatic rings. The maximum absolute atomic E-state index is 12.4. The van der Waals surface area contributed by atoms with Crippen molar-refractivity contribution in [1.29, 1.82) is 0 Å². The highest BCUT2D eigenvalue weighted by Gasteiger charge is 2.31. The lowest BCUT2D eigenvalue weighted by atomic mass is 10.0. The van der Waals surface area contributed by atoms with Gasteiger partial charge in [-0.05, 0) is 66.3 Å². The molecular formula is C26H28F3N5O5. The first-order valence-electron chi connectivity index (χ1n) is 12.6. The van der Waals surface area contributed by atoms with Crippen LogP contribution in [0.2, 0.25) is 0 Å². The topological polar surface area (TPSA) is 95.1 Å². The molecule has 13 heteroatoms. The Morgan fingerprint density at radius 2 is 1.72 bits per heavy atom. The van der Waals surface area contributed by atoms with Gasteiger partial charge >= 0.3 is 18.2 Å². The molecule has 0 bridgehead atoms. The molecule has 10 nitrogen and oxygen atoms in total. The van der Waals surface area contributed by atoms with E-state index in [2.05, 4.69) is 26.6 Å². The monoisotopic (exact) mass is 547 g/mol. The van der Waals surface area contributed by atoms with Crippen LogP contribution < -0.4 is 24.0 Å². The van der Waals surface area contributed by atoms with E-state index < -0.39 is 11.3 Å². The molecule has 2 aliphatic rings. The number of aromatic nitrogens is 2. The number of hydrogen-bond donors (Lipinski definition) is 0. The number of anilines is 2. The summed E-state index contributed by atoms with van der Waals surface area (Å²) in [7, 11) is 2.05. The Morgan fingerprint density at radius 3 is 2.36 bits per heavy atom. The number of imidazole rings is 1. The molecule has 0 unspecified atom stereocenters. The number of nitro groups is 1. The highest BCUT2D eigenvalue weighted by molar-refractivity contribution is 5.52. The fraction of sp³-hybridized carbons (Fsp3) is 0.423. The van der Waals surface area contributed by atoms with Crippen molar-refractivity contribution in [2.75, 3.05) is 36.5 Å². The summed E-state index contributed by atoms with van der Waals surface area (Å²) in [6.45, 7) is 2.46. The van der Waals surface area contributed by atoms with E-state index in [1.54, 1.807) is 16.7 Å². The van der Waals surface area contributed by atoms with Crippen LogP contribution >= 0.6 is 0 Å². The molecule has 39 heavy (non-hydrogen) atoms. The molecule has 208 valence electrons. The summed E-state index contributed by atoms with van der Waals surface area (Å²) in [5, 5.41) is 10.9. The second-order valence-electron chi connectivity index (χ2n) is 9.54. The lowest BCUT2D eigenvalue weighted by molar-refractivity contribution is -0.389. The van der Waals surface area contributed by atoms with Gasteiger partial charge in [-0.15, -0.1) is 13.2 Å². The molecule has 0 N–H and O–H groups in total. The Kier molecular flexibility index (Phi) is 7.40. The Balaban J connectivity index is 1.09. The molecular weight excluding hydrogens is 519 g/mol. The van der Waals surface area contributed by atoms with Crippen molar-refractivity contribution in [3.05, 3.63) is 64.8 Å². The normalized spacial score (nSPS) is 17.7. The van der Waals surface area contributed by atoms with Crippen molar-refractivity contribution in [1.82, 2.24) is 9.55 Å². The van der Waals surface area contributed by atoms with Gasteiger partial charge in [0, 0.05) is 55.5 Å². The molecule has 0 aliphatic carbocycles. The average Bonchev–Trinajstić information content (AvgIpc) is 3.36. The van der Waals surface area contributed by atoms with Crippen molar-refractivity contribution in [2.45, 2.75) is 44.3 Å². The zero-order valence-corrected chi connectivity index (χ0v) is 21.2. The minimum Gasteiger partial charge on any atom is -0.490 e. The number of halogens is 3. The number of hydrogen-bond acceptors (Lipinski definition) is 8. The maximum atomic E-state index is 12.4. The van der Waals surface area contributed by atoms with Gasteiger partial charge in [-0.3, -0.25) is 4.57 Å². The van der Waals surface area contributed by atoms with Crippen LogP contribution in [0.5, 0.6) is 17.5 Å². The molecule has 0 amide bonds. The molecule has 3 heterocycles. The minimum absolute atomic E-state index is 0.224. The number of aryl methyl sites for hydroxylation is 1. The van der Waals surface area contributed by atoms with Crippen molar-refractivity contribution < 1.29 is 32.3 Å². The van der Waals surface area contributed by atoms with Gasteiger partial charge in [0.2, 0.25) is 0 Å². The highest BCUT2D eigenvalue weighted by Crippen LogP contribution is 2.30. The van der Waals surface area contributed by atoms with Crippen LogP contribution in [-0.4, -0.2) is 59.7 Å². The second kappa shape index (κ2) is 10.9. The molecule has 0 radical (unpaired) electrons. The van der Waals surface area contributed by atoms with Gasteiger partial charge in [0.1, 0.15) is 30.4 Å². The summed E-state index contributed by atoms with van der Waals surface area (Å²) in [4.78, 5) is 18.7. The fourth-order valence-electron chi connectivity index (χ4n) is 4.88. The molecule has 1 aromatic heterocycles. The lowest BCUT2D eigenvalue weighted by Crippen LogP contribution is -2.43. The quantitative estimate of drug-likeness (QED) is 0.287. The Labute approximate surface area is 222 Å². The molecule has 2 aliphatic heterocycles. The van der Waals surface area contributed by atoms with E-state index >= 15 is 0 Å². The number of benzene rings is 2. The standard InChI is InChI=1S/C26H28F3N5O5/c1-31(19-10-13-32(14-11-19)20-4-8-22(9-5-20)39-26(27,28)29)18-2-6-21(7-3-18)37-17-23-12-15-33-16-24(34(35)36)30-25(33)38-23/h2-9,16,19,23H,10-15,17H2,1H3/t23-/m1/s1. The summed E-state index contributed by atoms with van der Waals surface area (Å²) in [5.74, 6) is 0.243. The van der Waals surface area contributed by atoms with E-state index in [1.807, 2.05) is 24.3 Å². The third kappa shape index (κ3) is 6.47. The first-order chi connectivity index (χ1) is 18.6. The van der Waals surface area contributed by atoms with Gasteiger partial charge in [0.05, 0.1) is 0 Å². The number of ether oxygens (including phenoxy) is 3. The number of nitrogens with zero attached hydrogens (tertiary/aromatic N) is 5. The zero-order chi connectivity index (χ0) is 27.6. The highest BCUT2D eigenvalue weighted by atomic mass is 19.4. The molecule has 5 rings (SSSR count). The molecule has 1 atom stereocenters. The molecule has 0 spiro atoms. The van der Waals surface area contributed by atoms with E-state index in [-0.39, 0.29) is 23.7 Å². The van der Waals surface area contributed by atoms with E-state index in [4.69, 9.17) is 9.47 Å². The van der Waals surface area contributed by atoms with Crippen molar-refractivity contribution >= 4 is 17.2 Å². The van der Waals surface area contributed by atoms with E-state index in [0.29, 0.717) is 31.4 Å².